The van der Waals surface area contributed by atoms with E-state index in [4.69, 9.17) is 4.74 Å². The van der Waals surface area contributed by atoms with E-state index in [2.05, 4.69) is 16.4 Å². The zero-order valence-electron chi connectivity index (χ0n) is 14.5. The summed E-state index contributed by atoms with van der Waals surface area (Å²) in [4.78, 5) is 19.3. The number of hydrogen-bond donors (Lipinski definition) is 1. The highest BCUT2D eigenvalue weighted by molar-refractivity contribution is 7.15. The first-order valence-corrected chi connectivity index (χ1v) is 9.71. The van der Waals surface area contributed by atoms with E-state index in [9.17, 15) is 4.79 Å². The van der Waals surface area contributed by atoms with Crippen LogP contribution >= 0.6 is 22.7 Å². The smallest absolute Gasteiger partial charge is 0.224 e. The number of nitrogens with zero attached hydrogens (tertiary/aromatic N) is 1. The largest absolute Gasteiger partial charge is 0.495 e. The summed E-state index contributed by atoms with van der Waals surface area (Å²) in [6, 6.07) is 9.84. The molecule has 4 nitrogen and oxygen atoms in total. The van der Waals surface area contributed by atoms with Crippen molar-refractivity contribution in [3.05, 3.63) is 51.2 Å². The van der Waals surface area contributed by atoms with Crippen LogP contribution in [0.2, 0.25) is 0 Å². The molecule has 6 heteroatoms. The molecule has 0 aliphatic rings. The molecule has 0 saturated heterocycles. The van der Waals surface area contributed by atoms with Crippen LogP contribution in [0.5, 0.6) is 5.75 Å². The van der Waals surface area contributed by atoms with Crippen molar-refractivity contribution >= 4 is 34.3 Å². The van der Waals surface area contributed by atoms with Gasteiger partial charge in [0.25, 0.3) is 0 Å². The van der Waals surface area contributed by atoms with Crippen LogP contribution in [-0.4, -0.2) is 18.0 Å². The van der Waals surface area contributed by atoms with Crippen molar-refractivity contribution in [1.29, 1.82) is 0 Å². The summed E-state index contributed by atoms with van der Waals surface area (Å²) in [7, 11) is 1.60. The summed E-state index contributed by atoms with van der Waals surface area (Å²) < 4.78 is 5.31. The Morgan fingerprint density at radius 3 is 2.84 bits per heavy atom. The van der Waals surface area contributed by atoms with Crippen molar-refractivity contribution < 1.29 is 9.53 Å². The van der Waals surface area contributed by atoms with Gasteiger partial charge in [-0.15, -0.1) is 22.7 Å². The third-order valence-electron chi connectivity index (χ3n) is 3.77. The van der Waals surface area contributed by atoms with Gasteiger partial charge < -0.3 is 10.1 Å². The highest BCUT2D eigenvalue weighted by atomic mass is 32.1. The SMILES string of the molecule is COc1ccc(C)cc1NC(=O)CCc1sc(C)nc1-c1cccs1. The second-order valence-electron chi connectivity index (χ2n) is 5.73. The molecule has 0 bridgehead atoms. The molecule has 0 aliphatic heterocycles. The Kier molecular flexibility index (Phi) is 5.50. The molecule has 1 aromatic carbocycles. The summed E-state index contributed by atoms with van der Waals surface area (Å²) in [5, 5.41) is 6.03. The molecule has 3 rings (SSSR count). The molecule has 0 spiro atoms. The van der Waals surface area contributed by atoms with Gasteiger partial charge in [-0.1, -0.05) is 12.1 Å². The Labute approximate surface area is 155 Å². The van der Waals surface area contributed by atoms with Gasteiger partial charge in [-0.25, -0.2) is 4.98 Å². The molecule has 25 heavy (non-hydrogen) atoms. The maximum atomic E-state index is 12.4. The van der Waals surface area contributed by atoms with Gasteiger partial charge in [-0.3, -0.25) is 4.79 Å². The fraction of sp³-hybridized carbons (Fsp3) is 0.263. The molecule has 1 N–H and O–H groups in total. The van der Waals surface area contributed by atoms with Crippen LogP contribution in [0.3, 0.4) is 0 Å². The topological polar surface area (TPSA) is 51.2 Å². The molecule has 0 unspecified atom stereocenters. The van der Waals surface area contributed by atoms with Gasteiger partial charge in [0.1, 0.15) is 5.75 Å². The van der Waals surface area contributed by atoms with E-state index in [1.165, 1.54) is 0 Å². The van der Waals surface area contributed by atoms with E-state index in [-0.39, 0.29) is 5.91 Å². The van der Waals surface area contributed by atoms with E-state index in [1.807, 2.05) is 43.5 Å². The molecule has 0 aliphatic carbocycles. The van der Waals surface area contributed by atoms with Crippen LogP contribution in [-0.2, 0) is 11.2 Å². The fourth-order valence-electron chi connectivity index (χ4n) is 2.60. The lowest BCUT2D eigenvalue weighted by Crippen LogP contribution is -2.13. The number of aromatic nitrogens is 1. The average molecular weight is 373 g/mol. The van der Waals surface area contributed by atoms with Crippen LogP contribution in [0.15, 0.2) is 35.7 Å². The number of methoxy groups -OCH3 is 1. The third kappa shape index (κ3) is 4.27. The zero-order valence-corrected chi connectivity index (χ0v) is 16.1. The normalized spacial score (nSPS) is 10.7. The number of thiophene rings is 1. The molecule has 3 aromatic rings. The van der Waals surface area contributed by atoms with E-state index in [0.717, 1.165) is 26.0 Å². The van der Waals surface area contributed by atoms with Gasteiger partial charge in [0.15, 0.2) is 0 Å². The average Bonchev–Trinajstić information content (AvgIpc) is 3.22. The summed E-state index contributed by atoms with van der Waals surface area (Å²) in [6.07, 6.45) is 1.09. The number of carbonyl (C=O) groups excluding carboxylic acids is 1. The lowest BCUT2D eigenvalue weighted by molar-refractivity contribution is -0.116. The number of thiazole rings is 1. The van der Waals surface area contributed by atoms with Crippen LogP contribution in [0.4, 0.5) is 5.69 Å². The summed E-state index contributed by atoms with van der Waals surface area (Å²) in [5.74, 6) is 0.652. The fourth-order valence-corrected chi connectivity index (χ4v) is 4.36. The van der Waals surface area contributed by atoms with Crippen molar-refractivity contribution in [2.45, 2.75) is 26.7 Å². The van der Waals surface area contributed by atoms with E-state index in [1.54, 1.807) is 29.8 Å². The molecule has 130 valence electrons. The number of carbonyl (C=O) groups is 1. The first kappa shape index (κ1) is 17.6. The molecule has 0 saturated carbocycles. The number of rotatable bonds is 6. The van der Waals surface area contributed by atoms with E-state index < -0.39 is 0 Å². The molecule has 0 atom stereocenters. The molecule has 2 aromatic heterocycles. The number of aryl methyl sites for hydroxylation is 3. The van der Waals surface area contributed by atoms with Gasteiger partial charge in [-0.2, -0.15) is 0 Å². The number of amides is 1. The summed E-state index contributed by atoms with van der Waals surface area (Å²) in [5.41, 5.74) is 2.80. The van der Waals surface area contributed by atoms with E-state index >= 15 is 0 Å². The lowest BCUT2D eigenvalue weighted by Gasteiger charge is -2.11. The first-order chi connectivity index (χ1) is 12.1. The van der Waals surface area contributed by atoms with Crippen molar-refractivity contribution in [2.75, 3.05) is 12.4 Å². The van der Waals surface area contributed by atoms with Crippen LogP contribution in [0.1, 0.15) is 21.9 Å². The molecular weight excluding hydrogens is 352 g/mol. The van der Waals surface area contributed by atoms with Gasteiger partial charge >= 0.3 is 0 Å². The standard InChI is InChI=1S/C19H20N2O2S2/c1-12-6-7-15(23-3)14(11-12)21-18(22)9-8-17-19(20-13(2)25-17)16-5-4-10-24-16/h4-7,10-11H,8-9H2,1-3H3,(H,21,22). The van der Waals surface area contributed by atoms with Crippen molar-refractivity contribution in [3.63, 3.8) is 0 Å². The van der Waals surface area contributed by atoms with Crippen molar-refractivity contribution in [1.82, 2.24) is 4.98 Å². The maximum Gasteiger partial charge on any atom is 0.224 e. The van der Waals surface area contributed by atoms with Crippen molar-refractivity contribution in [3.8, 4) is 16.3 Å². The second-order valence-corrected chi connectivity index (χ2v) is 7.97. The van der Waals surface area contributed by atoms with E-state index in [0.29, 0.717) is 24.3 Å². The monoisotopic (exact) mass is 372 g/mol. The Bertz CT molecular complexity index is 870. The maximum absolute atomic E-state index is 12.4. The van der Waals surface area contributed by atoms with Crippen LogP contribution in [0.25, 0.3) is 10.6 Å². The predicted molar refractivity (Wildman–Crippen MR) is 105 cm³/mol. The Hall–Kier alpha value is -2.18. The molecular formula is C19H20N2O2S2. The highest BCUT2D eigenvalue weighted by Crippen LogP contribution is 2.32. The quantitative estimate of drug-likeness (QED) is 0.657. The van der Waals surface area contributed by atoms with Gasteiger partial charge in [-0.05, 0) is 49.4 Å². The molecule has 1 amide bonds. The molecule has 0 radical (unpaired) electrons. The molecule has 2 heterocycles. The Morgan fingerprint density at radius 1 is 1.28 bits per heavy atom. The minimum atomic E-state index is -0.0212. The zero-order chi connectivity index (χ0) is 17.8. The number of hydrogen-bond acceptors (Lipinski definition) is 5. The molecule has 0 fully saturated rings. The summed E-state index contributed by atoms with van der Waals surface area (Å²) >= 11 is 3.34. The number of benzene rings is 1. The Balaban J connectivity index is 1.69. The van der Waals surface area contributed by atoms with Crippen LogP contribution in [0, 0.1) is 13.8 Å². The van der Waals surface area contributed by atoms with Gasteiger partial charge in [0, 0.05) is 11.3 Å². The highest BCUT2D eigenvalue weighted by Gasteiger charge is 2.14. The van der Waals surface area contributed by atoms with Crippen LogP contribution < -0.4 is 10.1 Å². The number of anilines is 1. The summed E-state index contributed by atoms with van der Waals surface area (Å²) in [6.45, 7) is 3.99. The second kappa shape index (κ2) is 7.80. The minimum Gasteiger partial charge on any atom is -0.495 e. The van der Waals surface area contributed by atoms with Crippen molar-refractivity contribution in [2.24, 2.45) is 0 Å². The number of ether oxygens (including phenoxy) is 1. The minimum absolute atomic E-state index is 0.0212. The van der Waals surface area contributed by atoms with Gasteiger partial charge in [0.05, 0.1) is 28.4 Å². The predicted octanol–water partition coefficient (Wildman–Crippen LogP) is 5.07. The first-order valence-electron chi connectivity index (χ1n) is 8.01. The lowest BCUT2D eigenvalue weighted by atomic mass is 10.2. The number of nitrogens with one attached hydrogen (secondary N) is 1. The van der Waals surface area contributed by atoms with Gasteiger partial charge in [0.2, 0.25) is 5.91 Å². The Morgan fingerprint density at radius 2 is 2.12 bits per heavy atom. The third-order valence-corrected chi connectivity index (χ3v) is 5.67.